The molecule has 1 aliphatic rings. The van der Waals surface area contributed by atoms with Gasteiger partial charge in [0.2, 0.25) is 0 Å². The molecule has 8 heteroatoms. The van der Waals surface area contributed by atoms with Gasteiger partial charge in [-0.2, -0.15) is 0 Å². The number of ether oxygens (including phenoxy) is 2. The smallest absolute Gasteiger partial charge is 0.320 e. The zero-order valence-corrected chi connectivity index (χ0v) is 18.9. The summed E-state index contributed by atoms with van der Waals surface area (Å²) in [7, 11) is 0. The molecule has 2 aromatic carbocycles. The maximum Gasteiger partial charge on any atom is 0.320 e. The van der Waals surface area contributed by atoms with Crippen LogP contribution in [0.15, 0.2) is 46.9 Å². The molecule has 2 aromatic rings. The Morgan fingerprint density at radius 1 is 1.13 bits per heavy atom. The summed E-state index contributed by atoms with van der Waals surface area (Å²) in [5, 5.41) is 5.58. The van der Waals surface area contributed by atoms with E-state index in [1.165, 1.54) is 0 Å². The first-order valence-electron chi connectivity index (χ1n) is 9.91. The molecule has 160 valence electrons. The molecule has 3 rings (SSSR count). The lowest BCUT2D eigenvalue weighted by Crippen LogP contribution is -2.43. The summed E-state index contributed by atoms with van der Waals surface area (Å²) in [6.07, 6.45) is -0.541. The van der Waals surface area contributed by atoms with Crippen LogP contribution >= 0.6 is 15.9 Å². The van der Waals surface area contributed by atoms with Crippen LogP contribution in [0.3, 0.4) is 0 Å². The second kappa shape index (κ2) is 10.1. The van der Waals surface area contributed by atoms with Crippen LogP contribution in [0.5, 0.6) is 0 Å². The van der Waals surface area contributed by atoms with Crippen molar-refractivity contribution in [2.75, 3.05) is 30.0 Å². The van der Waals surface area contributed by atoms with Crippen LogP contribution in [0.1, 0.15) is 31.0 Å². The highest BCUT2D eigenvalue weighted by Gasteiger charge is 2.39. The average Bonchev–Trinajstić information content (AvgIpc) is 2.95. The number of anilines is 2. The molecule has 1 atom stereocenters. The van der Waals surface area contributed by atoms with Gasteiger partial charge in [0.25, 0.3) is 5.91 Å². The van der Waals surface area contributed by atoms with E-state index in [-0.39, 0.29) is 12.5 Å². The van der Waals surface area contributed by atoms with Crippen LogP contribution in [-0.2, 0) is 14.3 Å². The Hall–Kier alpha value is -2.42. The van der Waals surface area contributed by atoms with Gasteiger partial charge in [0, 0.05) is 34.6 Å². The van der Waals surface area contributed by atoms with Crippen LogP contribution in [0.25, 0.3) is 0 Å². The minimum Gasteiger partial charge on any atom is -0.351 e. The first-order valence-corrected chi connectivity index (χ1v) is 10.7. The number of carbonyl (C=O) groups excluding carboxylic acids is 2. The van der Waals surface area contributed by atoms with Gasteiger partial charge < -0.3 is 25.0 Å². The number of amides is 3. The van der Waals surface area contributed by atoms with Gasteiger partial charge in [-0.1, -0.05) is 33.6 Å². The van der Waals surface area contributed by atoms with E-state index in [0.717, 1.165) is 21.3 Å². The SMILES string of the molecule is CCOC(CN1C(=O)[C@@H](NC(=O)Nc2ccc(C)cc2)c2cc(Br)ccc21)OCC. The van der Waals surface area contributed by atoms with Gasteiger partial charge in [-0.25, -0.2) is 4.79 Å². The molecule has 0 saturated carbocycles. The second-order valence-corrected chi connectivity index (χ2v) is 7.81. The van der Waals surface area contributed by atoms with Gasteiger partial charge in [-0.3, -0.25) is 4.79 Å². The fourth-order valence-corrected chi connectivity index (χ4v) is 3.73. The van der Waals surface area contributed by atoms with E-state index in [2.05, 4.69) is 26.6 Å². The van der Waals surface area contributed by atoms with E-state index in [1.54, 1.807) is 4.90 Å². The van der Waals surface area contributed by atoms with Gasteiger partial charge in [0.15, 0.2) is 6.29 Å². The highest BCUT2D eigenvalue weighted by atomic mass is 79.9. The molecule has 0 aliphatic carbocycles. The van der Waals surface area contributed by atoms with Crippen molar-refractivity contribution in [3.63, 3.8) is 0 Å². The van der Waals surface area contributed by atoms with Crippen molar-refractivity contribution in [2.24, 2.45) is 0 Å². The summed E-state index contributed by atoms with van der Waals surface area (Å²) in [6.45, 7) is 6.92. The summed E-state index contributed by atoms with van der Waals surface area (Å²) < 4.78 is 12.0. The molecular formula is C22H26BrN3O4. The summed E-state index contributed by atoms with van der Waals surface area (Å²) in [6, 6.07) is 11.8. The Morgan fingerprint density at radius 2 is 1.80 bits per heavy atom. The van der Waals surface area contributed by atoms with Crippen molar-refractivity contribution in [1.29, 1.82) is 0 Å². The molecule has 0 radical (unpaired) electrons. The van der Waals surface area contributed by atoms with E-state index < -0.39 is 18.4 Å². The number of halogens is 1. The van der Waals surface area contributed by atoms with Gasteiger partial charge in [0.05, 0.1) is 6.54 Å². The maximum absolute atomic E-state index is 13.2. The van der Waals surface area contributed by atoms with Gasteiger partial charge in [0.1, 0.15) is 6.04 Å². The van der Waals surface area contributed by atoms with E-state index in [9.17, 15) is 9.59 Å². The van der Waals surface area contributed by atoms with Crippen LogP contribution in [-0.4, -0.2) is 38.0 Å². The van der Waals surface area contributed by atoms with Gasteiger partial charge in [-0.05, 0) is 51.1 Å². The molecule has 0 bridgehead atoms. The lowest BCUT2D eigenvalue weighted by molar-refractivity contribution is -0.135. The van der Waals surface area contributed by atoms with Crippen molar-refractivity contribution in [3.8, 4) is 0 Å². The predicted octanol–water partition coefficient (Wildman–Crippen LogP) is 4.37. The van der Waals surface area contributed by atoms with Crippen molar-refractivity contribution < 1.29 is 19.1 Å². The Bertz CT molecular complexity index is 898. The summed E-state index contributed by atoms with van der Waals surface area (Å²) >= 11 is 3.45. The molecular weight excluding hydrogens is 450 g/mol. The zero-order chi connectivity index (χ0) is 21.7. The van der Waals surface area contributed by atoms with Crippen molar-refractivity contribution in [3.05, 3.63) is 58.1 Å². The van der Waals surface area contributed by atoms with Crippen molar-refractivity contribution in [1.82, 2.24) is 5.32 Å². The first-order chi connectivity index (χ1) is 14.4. The molecule has 1 aliphatic heterocycles. The number of rotatable bonds is 8. The largest absolute Gasteiger partial charge is 0.351 e. The molecule has 2 N–H and O–H groups in total. The number of nitrogens with one attached hydrogen (secondary N) is 2. The van der Waals surface area contributed by atoms with Crippen molar-refractivity contribution in [2.45, 2.75) is 33.1 Å². The number of carbonyl (C=O) groups is 2. The molecule has 0 fully saturated rings. The van der Waals surface area contributed by atoms with Gasteiger partial charge in [-0.15, -0.1) is 0 Å². The fraction of sp³-hybridized carbons (Fsp3) is 0.364. The first kappa shape index (κ1) is 22.3. The minimum absolute atomic E-state index is 0.230. The Labute approximate surface area is 184 Å². The monoisotopic (exact) mass is 475 g/mol. The number of hydrogen-bond acceptors (Lipinski definition) is 4. The molecule has 0 spiro atoms. The summed E-state index contributed by atoms with van der Waals surface area (Å²) in [5.74, 6) is -0.230. The van der Waals surface area contributed by atoms with Crippen LogP contribution in [0, 0.1) is 6.92 Å². The number of benzene rings is 2. The molecule has 0 saturated heterocycles. The van der Waals surface area contributed by atoms with Crippen LogP contribution in [0.4, 0.5) is 16.2 Å². The Balaban J connectivity index is 1.79. The normalized spacial score (nSPS) is 15.4. The lowest BCUT2D eigenvalue weighted by Gasteiger charge is -2.24. The molecule has 0 aromatic heterocycles. The maximum atomic E-state index is 13.2. The van der Waals surface area contributed by atoms with E-state index in [1.807, 2.05) is 63.2 Å². The fourth-order valence-electron chi connectivity index (χ4n) is 3.35. The number of fused-ring (bicyclic) bond motifs is 1. The number of hydrogen-bond donors (Lipinski definition) is 2. The number of aryl methyl sites for hydroxylation is 1. The minimum atomic E-state index is -0.799. The topological polar surface area (TPSA) is 79.9 Å². The zero-order valence-electron chi connectivity index (χ0n) is 17.3. The number of urea groups is 1. The second-order valence-electron chi connectivity index (χ2n) is 6.89. The lowest BCUT2D eigenvalue weighted by atomic mass is 10.1. The standard InChI is InChI=1S/C22H26BrN3O4/c1-4-29-19(30-5-2)13-26-18-11-8-15(23)12-17(18)20(21(26)27)25-22(28)24-16-9-6-14(3)7-10-16/h6-12,19-20H,4-5,13H2,1-3H3,(H2,24,25,28)/t20-/m0/s1. The number of nitrogens with zero attached hydrogens (tertiary/aromatic N) is 1. The highest BCUT2D eigenvalue weighted by Crippen LogP contribution is 2.38. The third-order valence-electron chi connectivity index (χ3n) is 4.73. The highest BCUT2D eigenvalue weighted by molar-refractivity contribution is 9.10. The van der Waals surface area contributed by atoms with Crippen molar-refractivity contribution >= 4 is 39.2 Å². The summed E-state index contributed by atoms with van der Waals surface area (Å²) in [4.78, 5) is 27.4. The quantitative estimate of drug-likeness (QED) is 0.555. The Morgan fingerprint density at radius 3 is 2.43 bits per heavy atom. The van der Waals surface area contributed by atoms with E-state index in [4.69, 9.17) is 9.47 Å². The summed E-state index contributed by atoms with van der Waals surface area (Å²) in [5.41, 5.74) is 3.20. The molecule has 1 heterocycles. The van der Waals surface area contributed by atoms with Crippen LogP contribution < -0.4 is 15.5 Å². The van der Waals surface area contributed by atoms with Crippen LogP contribution in [0.2, 0.25) is 0 Å². The van der Waals surface area contributed by atoms with E-state index in [0.29, 0.717) is 18.9 Å². The Kier molecular flexibility index (Phi) is 7.47. The molecule has 0 unspecified atom stereocenters. The molecule has 3 amide bonds. The molecule has 7 nitrogen and oxygen atoms in total. The van der Waals surface area contributed by atoms with E-state index >= 15 is 0 Å². The predicted molar refractivity (Wildman–Crippen MR) is 120 cm³/mol. The third-order valence-corrected chi connectivity index (χ3v) is 5.22. The molecule has 30 heavy (non-hydrogen) atoms. The third kappa shape index (κ3) is 5.19. The van der Waals surface area contributed by atoms with Gasteiger partial charge >= 0.3 is 6.03 Å². The average molecular weight is 476 g/mol.